The van der Waals surface area contributed by atoms with Crippen LogP contribution in [0.1, 0.15) is 22.3 Å². The van der Waals surface area contributed by atoms with Crippen molar-refractivity contribution in [3.8, 4) is 0 Å². The van der Waals surface area contributed by atoms with Gasteiger partial charge in [-0.3, -0.25) is 9.59 Å². The number of nitrogens with one attached hydrogen (secondary N) is 1. The van der Waals surface area contributed by atoms with Gasteiger partial charge in [0.05, 0.1) is 17.4 Å². The van der Waals surface area contributed by atoms with Crippen molar-refractivity contribution in [2.45, 2.75) is 12.8 Å². The van der Waals surface area contributed by atoms with Crippen LogP contribution >= 0.6 is 0 Å². The number of aromatic nitrogens is 1. The molecular weight excluding hydrogens is 407 g/mol. The fraction of sp³-hybridized carbons (Fsp3) is 0.240. The molecule has 7 heteroatoms. The molecule has 3 aromatic rings. The SMILES string of the molecule is O=C(Nc1ccc(N2CCN(C(=O)CCc3ccccc3)CC2)nc1)c1ccccc1F. The van der Waals surface area contributed by atoms with Crippen LogP contribution in [0.4, 0.5) is 15.9 Å². The molecule has 0 radical (unpaired) electrons. The van der Waals surface area contributed by atoms with E-state index in [4.69, 9.17) is 0 Å². The molecular formula is C25H25FN4O2. The molecule has 0 bridgehead atoms. The minimum atomic E-state index is -0.564. The standard InChI is InChI=1S/C25H25FN4O2/c26-22-9-5-4-8-21(22)25(32)28-20-11-12-23(27-18-20)29-14-16-30(17-15-29)24(31)13-10-19-6-2-1-3-7-19/h1-9,11-12,18H,10,13-17H2,(H,28,32). The molecule has 0 atom stereocenters. The molecule has 32 heavy (non-hydrogen) atoms. The number of carbonyl (C=O) groups excluding carboxylic acids is 2. The second kappa shape index (κ2) is 10.0. The van der Waals surface area contributed by atoms with Gasteiger partial charge in [-0.05, 0) is 36.2 Å². The molecule has 4 rings (SSSR count). The number of hydrogen-bond acceptors (Lipinski definition) is 4. The third kappa shape index (κ3) is 5.29. The zero-order valence-electron chi connectivity index (χ0n) is 17.7. The summed E-state index contributed by atoms with van der Waals surface area (Å²) in [7, 11) is 0. The Balaban J connectivity index is 1.27. The summed E-state index contributed by atoms with van der Waals surface area (Å²) in [6.45, 7) is 2.71. The summed E-state index contributed by atoms with van der Waals surface area (Å²) in [4.78, 5) is 33.2. The number of benzene rings is 2. The lowest BCUT2D eigenvalue weighted by atomic mass is 10.1. The molecule has 164 valence electrons. The summed E-state index contributed by atoms with van der Waals surface area (Å²) in [6, 6.07) is 19.5. The predicted molar refractivity (Wildman–Crippen MR) is 122 cm³/mol. The van der Waals surface area contributed by atoms with Crippen LogP contribution in [0.25, 0.3) is 0 Å². The smallest absolute Gasteiger partial charge is 0.258 e. The molecule has 1 aliphatic rings. The van der Waals surface area contributed by atoms with E-state index < -0.39 is 11.7 Å². The van der Waals surface area contributed by atoms with Crippen molar-refractivity contribution in [3.63, 3.8) is 0 Å². The highest BCUT2D eigenvalue weighted by atomic mass is 19.1. The van der Waals surface area contributed by atoms with Gasteiger partial charge in [0.2, 0.25) is 5.91 Å². The highest BCUT2D eigenvalue weighted by molar-refractivity contribution is 6.04. The fourth-order valence-electron chi connectivity index (χ4n) is 3.73. The Kier molecular flexibility index (Phi) is 6.75. The molecule has 1 N–H and O–H groups in total. The fourth-order valence-corrected chi connectivity index (χ4v) is 3.73. The van der Waals surface area contributed by atoms with Gasteiger partial charge in [0.15, 0.2) is 0 Å². The largest absolute Gasteiger partial charge is 0.353 e. The zero-order valence-corrected chi connectivity index (χ0v) is 17.7. The Morgan fingerprint density at radius 1 is 0.906 bits per heavy atom. The molecule has 1 fully saturated rings. The van der Waals surface area contributed by atoms with Crippen molar-refractivity contribution in [2.24, 2.45) is 0 Å². The molecule has 1 saturated heterocycles. The van der Waals surface area contributed by atoms with Gasteiger partial charge in [-0.2, -0.15) is 0 Å². The van der Waals surface area contributed by atoms with Gasteiger partial charge in [0.1, 0.15) is 11.6 Å². The molecule has 0 saturated carbocycles. The first-order chi connectivity index (χ1) is 15.6. The van der Waals surface area contributed by atoms with Crippen molar-refractivity contribution in [2.75, 3.05) is 36.4 Å². The first kappa shape index (κ1) is 21.5. The Bertz CT molecular complexity index is 1060. The van der Waals surface area contributed by atoms with Crippen LogP contribution in [-0.4, -0.2) is 47.9 Å². The molecule has 1 aliphatic heterocycles. The Morgan fingerprint density at radius 3 is 2.31 bits per heavy atom. The number of carbonyl (C=O) groups is 2. The summed E-state index contributed by atoms with van der Waals surface area (Å²) in [6.07, 6.45) is 2.83. The van der Waals surface area contributed by atoms with E-state index in [2.05, 4.69) is 15.2 Å². The molecule has 0 spiro atoms. The van der Waals surface area contributed by atoms with Gasteiger partial charge in [-0.1, -0.05) is 42.5 Å². The highest BCUT2D eigenvalue weighted by Crippen LogP contribution is 2.18. The van der Waals surface area contributed by atoms with Gasteiger partial charge < -0.3 is 15.1 Å². The summed E-state index contributed by atoms with van der Waals surface area (Å²) < 4.78 is 13.8. The van der Waals surface area contributed by atoms with Gasteiger partial charge in [-0.15, -0.1) is 0 Å². The van der Waals surface area contributed by atoms with Gasteiger partial charge >= 0.3 is 0 Å². The van der Waals surface area contributed by atoms with Crippen LogP contribution in [0.5, 0.6) is 0 Å². The van der Waals surface area contributed by atoms with Crippen LogP contribution in [0, 0.1) is 5.82 Å². The van der Waals surface area contributed by atoms with Crippen LogP contribution < -0.4 is 10.2 Å². The number of aryl methyl sites for hydroxylation is 1. The maximum Gasteiger partial charge on any atom is 0.258 e. The highest BCUT2D eigenvalue weighted by Gasteiger charge is 2.21. The van der Waals surface area contributed by atoms with Crippen LogP contribution in [0.2, 0.25) is 0 Å². The van der Waals surface area contributed by atoms with Crippen molar-refractivity contribution in [3.05, 3.63) is 89.9 Å². The molecule has 0 aliphatic carbocycles. The summed E-state index contributed by atoms with van der Waals surface area (Å²) >= 11 is 0. The maximum atomic E-state index is 13.8. The quantitative estimate of drug-likeness (QED) is 0.644. The normalized spacial score (nSPS) is 13.7. The molecule has 1 aromatic heterocycles. The molecule has 2 aromatic carbocycles. The van der Waals surface area contributed by atoms with Gasteiger partial charge in [-0.25, -0.2) is 9.37 Å². The van der Waals surface area contributed by atoms with Crippen molar-refractivity contribution in [1.82, 2.24) is 9.88 Å². The average Bonchev–Trinajstić information content (AvgIpc) is 2.84. The lowest BCUT2D eigenvalue weighted by molar-refractivity contribution is -0.131. The topological polar surface area (TPSA) is 65.5 Å². The molecule has 2 heterocycles. The third-order valence-electron chi connectivity index (χ3n) is 5.55. The van der Waals surface area contributed by atoms with Crippen molar-refractivity contribution >= 4 is 23.3 Å². The first-order valence-electron chi connectivity index (χ1n) is 10.7. The predicted octanol–water partition coefficient (Wildman–Crippen LogP) is 3.75. The molecule has 0 unspecified atom stereocenters. The number of anilines is 2. The van der Waals surface area contributed by atoms with E-state index in [-0.39, 0.29) is 11.5 Å². The number of amides is 2. The minimum absolute atomic E-state index is 0.00960. The first-order valence-corrected chi connectivity index (χ1v) is 10.7. The minimum Gasteiger partial charge on any atom is -0.353 e. The van der Waals surface area contributed by atoms with E-state index in [0.717, 1.165) is 12.2 Å². The Labute approximate surface area is 186 Å². The maximum absolute atomic E-state index is 13.8. The van der Waals surface area contributed by atoms with E-state index in [1.165, 1.54) is 17.7 Å². The van der Waals surface area contributed by atoms with Crippen LogP contribution in [0.15, 0.2) is 72.9 Å². The summed E-state index contributed by atoms with van der Waals surface area (Å²) in [5, 5.41) is 2.67. The van der Waals surface area contributed by atoms with Gasteiger partial charge in [0, 0.05) is 32.6 Å². The van der Waals surface area contributed by atoms with Crippen molar-refractivity contribution in [1.29, 1.82) is 0 Å². The number of halogens is 1. The zero-order chi connectivity index (χ0) is 22.3. The van der Waals surface area contributed by atoms with E-state index >= 15 is 0 Å². The van der Waals surface area contributed by atoms with E-state index in [9.17, 15) is 14.0 Å². The van der Waals surface area contributed by atoms with Crippen LogP contribution in [-0.2, 0) is 11.2 Å². The second-order valence-electron chi connectivity index (χ2n) is 7.69. The molecule has 6 nitrogen and oxygen atoms in total. The van der Waals surface area contributed by atoms with E-state index in [1.807, 2.05) is 41.3 Å². The van der Waals surface area contributed by atoms with Crippen LogP contribution in [0.3, 0.4) is 0 Å². The average molecular weight is 432 g/mol. The number of pyridine rings is 1. The number of piperazine rings is 1. The number of hydrogen-bond donors (Lipinski definition) is 1. The third-order valence-corrected chi connectivity index (χ3v) is 5.55. The molecule has 2 amide bonds. The second-order valence-corrected chi connectivity index (χ2v) is 7.69. The lowest BCUT2D eigenvalue weighted by Crippen LogP contribution is -2.49. The van der Waals surface area contributed by atoms with E-state index in [0.29, 0.717) is 38.3 Å². The number of nitrogens with zero attached hydrogens (tertiary/aromatic N) is 3. The van der Waals surface area contributed by atoms with Gasteiger partial charge in [0.25, 0.3) is 5.91 Å². The summed E-state index contributed by atoms with van der Waals surface area (Å²) in [5.74, 6) is -0.121. The summed E-state index contributed by atoms with van der Waals surface area (Å²) in [5.41, 5.74) is 1.66. The number of rotatable bonds is 6. The Morgan fingerprint density at radius 2 is 1.62 bits per heavy atom. The van der Waals surface area contributed by atoms with Crippen molar-refractivity contribution < 1.29 is 14.0 Å². The lowest BCUT2D eigenvalue weighted by Gasteiger charge is -2.35. The van der Waals surface area contributed by atoms with E-state index in [1.54, 1.807) is 24.4 Å². The Hall–Kier alpha value is -3.74. The monoisotopic (exact) mass is 432 g/mol.